The molecular formula is C18H22N6O3. The van der Waals surface area contributed by atoms with Gasteiger partial charge in [0, 0.05) is 44.5 Å². The Morgan fingerprint density at radius 2 is 2.26 bits per heavy atom. The second-order valence-corrected chi connectivity index (χ2v) is 6.68. The first-order chi connectivity index (χ1) is 13.2. The summed E-state index contributed by atoms with van der Waals surface area (Å²) in [4.78, 5) is 18.6. The van der Waals surface area contributed by atoms with Gasteiger partial charge in [-0.15, -0.1) is 10.2 Å². The zero-order chi connectivity index (χ0) is 18.8. The molecular weight excluding hydrogens is 348 g/mol. The van der Waals surface area contributed by atoms with Crippen molar-refractivity contribution in [2.75, 3.05) is 20.2 Å². The minimum atomic E-state index is -0.121. The predicted molar refractivity (Wildman–Crippen MR) is 95.5 cm³/mol. The molecule has 4 rings (SSSR count). The number of furan rings is 1. The number of piperidine rings is 1. The highest BCUT2D eigenvalue weighted by molar-refractivity contribution is 5.91. The lowest BCUT2D eigenvalue weighted by molar-refractivity contribution is 0.0665. The van der Waals surface area contributed by atoms with Crippen LogP contribution in [-0.4, -0.2) is 55.3 Å². The lowest BCUT2D eigenvalue weighted by Crippen LogP contribution is -2.39. The van der Waals surface area contributed by atoms with Crippen molar-refractivity contribution in [2.45, 2.75) is 25.3 Å². The average molecular weight is 370 g/mol. The lowest BCUT2D eigenvalue weighted by Gasteiger charge is -2.31. The third kappa shape index (κ3) is 3.44. The fourth-order valence-electron chi connectivity index (χ4n) is 3.49. The van der Waals surface area contributed by atoms with Gasteiger partial charge in [0.05, 0.1) is 20.0 Å². The van der Waals surface area contributed by atoms with Gasteiger partial charge in [0.1, 0.15) is 5.82 Å². The van der Waals surface area contributed by atoms with Gasteiger partial charge in [-0.05, 0) is 18.9 Å². The first-order valence-electron chi connectivity index (χ1n) is 8.92. The molecule has 3 aromatic rings. The number of nitrogens with zero attached hydrogens (tertiary/aromatic N) is 6. The Kier molecular flexibility index (Phi) is 4.66. The lowest BCUT2D eigenvalue weighted by atomic mass is 9.97. The number of rotatable bonds is 5. The van der Waals surface area contributed by atoms with Crippen molar-refractivity contribution in [3.05, 3.63) is 48.3 Å². The molecule has 27 heavy (non-hydrogen) atoms. The van der Waals surface area contributed by atoms with Crippen molar-refractivity contribution in [2.24, 2.45) is 7.05 Å². The number of aromatic nitrogens is 5. The number of likely N-dealkylation sites (tertiary alicyclic amines) is 1. The second kappa shape index (κ2) is 7.26. The molecule has 0 unspecified atom stereocenters. The topological polar surface area (TPSA) is 91.2 Å². The standard InChI is InChI=1S/C18H22N6O3/c1-22-15(11-23-9-7-19-12-23)20-21-17(22)13-4-3-8-24(10-13)18(25)14-5-6-16(26-2)27-14/h5-7,9,12-13H,3-4,8,10-11H2,1-2H3/t13-/m0/s1. The number of hydrogen-bond acceptors (Lipinski definition) is 6. The fourth-order valence-corrected chi connectivity index (χ4v) is 3.49. The third-order valence-electron chi connectivity index (χ3n) is 4.95. The first kappa shape index (κ1) is 17.3. The van der Waals surface area contributed by atoms with Crippen LogP contribution in [0.15, 0.2) is 35.3 Å². The van der Waals surface area contributed by atoms with E-state index in [1.807, 2.05) is 27.3 Å². The van der Waals surface area contributed by atoms with E-state index in [-0.39, 0.29) is 11.8 Å². The maximum absolute atomic E-state index is 12.7. The van der Waals surface area contributed by atoms with Crippen LogP contribution in [0.1, 0.15) is 41.0 Å². The van der Waals surface area contributed by atoms with Gasteiger partial charge >= 0.3 is 0 Å². The van der Waals surface area contributed by atoms with Crippen LogP contribution >= 0.6 is 0 Å². The minimum absolute atomic E-state index is 0.121. The smallest absolute Gasteiger partial charge is 0.289 e. The summed E-state index contributed by atoms with van der Waals surface area (Å²) >= 11 is 0. The SMILES string of the molecule is COc1ccc(C(=O)N2CCC[C@H](c3nnc(Cn4ccnc4)n3C)C2)o1. The molecule has 4 heterocycles. The van der Waals surface area contributed by atoms with Crippen LogP contribution in [0.3, 0.4) is 0 Å². The van der Waals surface area contributed by atoms with Gasteiger partial charge in [-0.25, -0.2) is 4.98 Å². The van der Waals surface area contributed by atoms with E-state index in [2.05, 4.69) is 15.2 Å². The summed E-state index contributed by atoms with van der Waals surface area (Å²) in [6, 6.07) is 3.30. The summed E-state index contributed by atoms with van der Waals surface area (Å²) in [5.41, 5.74) is 0. The van der Waals surface area contributed by atoms with Gasteiger partial charge < -0.3 is 23.2 Å². The van der Waals surface area contributed by atoms with Crippen LogP contribution in [0.2, 0.25) is 0 Å². The third-order valence-corrected chi connectivity index (χ3v) is 4.95. The molecule has 0 aromatic carbocycles. The molecule has 0 spiro atoms. The molecule has 3 aromatic heterocycles. The molecule has 1 aliphatic rings. The average Bonchev–Trinajstić information content (AvgIpc) is 3.44. The number of imidazole rings is 1. The summed E-state index contributed by atoms with van der Waals surface area (Å²) in [5, 5.41) is 8.74. The Morgan fingerprint density at radius 1 is 1.37 bits per heavy atom. The van der Waals surface area contributed by atoms with E-state index in [4.69, 9.17) is 9.15 Å². The zero-order valence-electron chi connectivity index (χ0n) is 15.4. The maximum Gasteiger partial charge on any atom is 0.289 e. The molecule has 0 saturated carbocycles. The molecule has 0 N–H and O–H groups in total. The van der Waals surface area contributed by atoms with E-state index in [1.54, 1.807) is 24.7 Å². The van der Waals surface area contributed by atoms with Gasteiger partial charge in [0.25, 0.3) is 11.9 Å². The summed E-state index contributed by atoms with van der Waals surface area (Å²) in [5.74, 6) is 2.43. The number of methoxy groups -OCH3 is 1. The van der Waals surface area contributed by atoms with Gasteiger partial charge in [-0.1, -0.05) is 0 Å². The van der Waals surface area contributed by atoms with Crippen LogP contribution in [0, 0.1) is 0 Å². The number of carbonyl (C=O) groups excluding carboxylic acids is 1. The van der Waals surface area contributed by atoms with Crippen molar-refractivity contribution in [1.29, 1.82) is 0 Å². The highest BCUT2D eigenvalue weighted by Gasteiger charge is 2.30. The Hall–Kier alpha value is -3.10. The van der Waals surface area contributed by atoms with E-state index in [0.717, 1.165) is 24.5 Å². The molecule has 1 atom stereocenters. The highest BCUT2D eigenvalue weighted by Crippen LogP contribution is 2.27. The molecule has 0 bridgehead atoms. The minimum Gasteiger partial charge on any atom is -0.468 e. The monoisotopic (exact) mass is 370 g/mol. The Labute approximate surface area is 156 Å². The van der Waals surface area contributed by atoms with Crippen LogP contribution in [0.4, 0.5) is 0 Å². The van der Waals surface area contributed by atoms with E-state index in [0.29, 0.717) is 31.3 Å². The molecule has 1 amide bonds. The largest absolute Gasteiger partial charge is 0.468 e. The van der Waals surface area contributed by atoms with E-state index in [1.165, 1.54) is 7.11 Å². The number of carbonyl (C=O) groups is 1. The predicted octanol–water partition coefficient (Wildman–Crippen LogP) is 1.68. The molecule has 1 aliphatic heterocycles. The van der Waals surface area contributed by atoms with Crippen LogP contribution in [0.5, 0.6) is 5.95 Å². The molecule has 9 heteroatoms. The van der Waals surface area contributed by atoms with Crippen LogP contribution < -0.4 is 4.74 Å². The van der Waals surface area contributed by atoms with E-state index < -0.39 is 0 Å². The summed E-state index contributed by atoms with van der Waals surface area (Å²) in [6.45, 7) is 1.92. The Bertz CT molecular complexity index is 914. The molecule has 0 aliphatic carbocycles. The Balaban J connectivity index is 1.48. The van der Waals surface area contributed by atoms with Crippen molar-refractivity contribution >= 4 is 5.91 Å². The normalized spacial score (nSPS) is 17.3. The molecule has 1 saturated heterocycles. The van der Waals surface area contributed by atoms with Gasteiger partial charge in [-0.3, -0.25) is 4.79 Å². The van der Waals surface area contributed by atoms with Crippen molar-refractivity contribution in [3.63, 3.8) is 0 Å². The quantitative estimate of drug-likeness (QED) is 0.679. The van der Waals surface area contributed by atoms with Crippen molar-refractivity contribution < 1.29 is 13.9 Å². The van der Waals surface area contributed by atoms with Gasteiger partial charge in [-0.2, -0.15) is 0 Å². The number of ether oxygens (including phenoxy) is 1. The summed E-state index contributed by atoms with van der Waals surface area (Å²) < 4.78 is 14.4. The van der Waals surface area contributed by atoms with E-state index in [9.17, 15) is 4.79 Å². The Morgan fingerprint density at radius 3 is 3.00 bits per heavy atom. The van der Waals surface area contributed by atoms with Crippen molar-refractivity contribution in [1.82, 2.24) is 29.2 Å². The molecule has 0 radical (unpaired) electrons. The zero-order valence-corrected chi connectivity index (χ0v) is 15.4. The van der Waals surface area contributed by atoms with Crippen LogP contribution in [-0.2, 0) is 13.6 Å². The maximum atomic E-state index is 12.7. The summed E-state index contributed by atoms with van der Waals surface area (Å²) in [6.07, 6.45) is 7.28. The number of amides is 1. The van der Waals surface area contributed by atoms with Crippen LogP contribution in [0.25, 0.3) is 0 Å². The highest BCUT2D eigenvalue weighted by atomic mass is 16.6. The second-order valence-electron chi connectivity index (χ2n) is 6.68. The number of hydrogen-bond donors (Lipinski definition) is 0. The first-order valence-corrected chi connectivity index (χ1v) is 8.92. The molecule has 1 fully saturated rings. The van der Waals surface area contributed by atoms with E-state index >= 15 is 0 Å². The van der Waals surface area contributed by atoms with Crippen molar-refractivity contribution in [3.8, 4) is 5.95 Å². The fraction of sp³-hybridized carbons (Fsp3) is 0.444. The van der Waals surface area contributed by atoms with Gasteiger partial charge in [0.15, 0.2) is 11.6 Å². The molecule has 142 valence electrons. The van der Waals surface area contributed by atoms with Gasteiger partial charge in [0.2, 0.25) is 0 Å². The molecule has 9 nitrogen and oxygen atoms in total. The summed E-state index contributed by atoms with van der Waals surface area (Å²) in [7, 11) is 3.49.